The van der Waals surface area contributed by atoms with Crippen LogP contribution in [0.15, 0.2) is 48.5 Å². The summed E-state index contributed by atoms with van der Waals surface area (Å²) in [5.74, 6) is -0.406. The lowest BCUT2D eigenvalue weighted by molar-refractivity contribution is -0.142. The molecule has 2 amide bonds. The Morgan fingerprint density at radius 1 is 0.912 bits per heavy atom. The number of alkyl carbamates (subject to hydrolysis) is 1. The topological polar surface area (TPSA) is 114 Å². The van der Waals surface area contributed by atoms with Crippen LogP contribution in [0.3, 0.4) is 0 Å². The number of aliphatic carboxylic acids is 1. The van der Waals surface area contributed by atoms with Crippen molar-refractivity contribution in [2.45, 2.75) is 25.2 Å². The molecule has 180 valence electrons. The van der Waals surface area contributed by atoms with Crippen LogP contribution in [0.2, 0.25) is 0 Å². The molecule has 2 aromatic rings. The van der Waals surface area contributed by atoms with Gasteiger partial charge >= 0.3 is 12.1 Å². The van der Waals surface area contributed by atoms with Crippen LogP contribution in [0.5, 0.6) is 0 Å². The predicted molar refractivity (Wildman–Crippen MR) is 125 cm³/mol. The summed E-state index contributed by atoms with van der Waals surface area (Å²) in [6, 6.07) is 16.5. The molecule has 0 heterocycles. The van der Waals surface area contributed by atoms with Crippen LogP contribution in [0.4, 0.5) is 4.79 Å². The molecule has 0 aromatic heterocycles. The van der Waals surface area contributed by atoms with Crippen molar-refractivity contribution in [1.29, 1.82) is 0 Å². The molecule has 2 aromatic carbocycles. The Kier molecular flexibility index (Phi) is 7.80. The smallest absolute Gasteiger partial charge is 0.407 e. The lowest BCUT2D eigenvalue weighted by atomic mass is 9.73. The monoisotopic (exact) mass is 466 g/mol. The molecule has 2 aliphatic carbocycles. The molecule has 4 rings (SSSR count). The molecule has 1 saturated carbocycles. The van der Waals surface area contributed by atoms with Gasteiger partial charge in [-0.3, -0.25) is 4.79 Å². The minimum atomic E-state index is -1.03. The highest BCUT2D eigenvalue weighted by atomic mass is 16.5. The molecular weight excluding hydrogens is 436 g/mol. The second-order valence-corrected chi connectivity index (χ2v) is 8.91. The summed E-state index contributed by atoms with van der Waals surface area (Å²) in [6.45, 7) is 0.944. The minimum absolute atomic E-state index is 0.0410. The Balaban J connectivity index is 1.12. The fourth-order valence-electron chi connectivity index (χ4n) is 4.84. The first-order chi connectivity index (χ1) is 16.5. The first-order valence-electron chi connectivity index (χ1n) is 11.7. The molecule has 0 bridgehead atoms. The number of rotatable bonds is 11. The average Bonchev–Trinajstić information content (AvgIpc) is 3.12. The standard InChI is InChI=1S/C26H30N2O6/c29-24(27-9-10-33-16-25(30)31)13-17-11-18(12-17)14-28-26(32)34-15-23-21-7-3-1-5-19(21)20-6-2-4-8-22(20)23/h1-8,17-18,23H,9-16H2,(H,27,29)(H,28,32)(H,30,31). The molecule has 8 nitrogen and oxygen atoms in total. The molecule has 0 atom stereocenters. The van der Waals surface area contributed by atoms with Crippen molar-refractivity contribution >= 4 is 18.0 Å². The Labute approximate surface area is 198 Å². The van der Waals surface area contributed by atoms with Crippen LogP contribution >= 0.6 is 0 Å². The van der Waals surface area contributed by atoms with Gasteiger partial charge in [-0.1, -0.05) is 48.5 Å². The highest BCUT2D eigenvalue weighted by molar-refractivity contribution is 5.79. The second kappa shape index (κ2) is 11.2. The molecule has 8 heteroatoms. The molecule has 1 fully saturated rings. The summed E-state index contributed by atoms with van der Waals surface area (Å²) in [4.78, 5) is 34.6. The van der Waals surface area contributed by atoms with Crippen molar-refractivity contribution in [3.8, 4) is 11.1 Å². The number of fused-ring (bicyclic) bond motifs is 3. The van der Waals surface area contributed by atoms with E-state index in [1.54, 1.807) is 0 Å². The highest BCUT2D eigenvalue weighted by Crippen LogP contribution is 2.44. The third-order valence-electron chi connectivity index (χ3n) is 6.48. The highest BCUT2D eigenvalue weighted by Gasteiger charge is 2.32. The predicted octanol–water partition coefficient (Wildman–Crippen LogP) is 3.16. The van der Waals surface area contributed by atoms with Crippen molar-refractivity contribution in [2.24, 2.45) is 11.8 Å². The maximum atomic E-state index is 12.3. The van der Waals surface area contributed by atoms with E-state index in [1.807, 2.05) is 24.3 Å². The number of carbonyl (C=O) groups excluding carboxylic acids is 2. The van der Waals surface area contributed by atoms with E-state index in [4.69, 9.17) is 14.6 Å². The Morgan fingerprint density at radius 3 is 2.21 bits per heavy atom. The van der Waals surface area contributed by atoms with Gasteiger partial charge in [0.05, 0.1) is 6.61 Å². The van der Waals surface area contributed by atoms with E-state index in [2.05, 4.69) is 34.9 Å². The van der Waals surface area contributed by atoms with Crippen LogP contribution in [0, 0.1) is 11.8 Å². The Bertz CT molecular complexity index is 988. The summed E-state index contributed by atoms with van der Waals surface area (Å²) in [5.41, 5.74) is 4.77. The van der Waals surface area contributed by atoms with Crippen molar-refractivity contribution in [1.82, 2.24) is 10.6 Å². The van der Waals surface area contributed by atoms with E-state index in [9.17, 15) is 14.4 Å². The van der Waals surface area contributed by atoms with E-state index in [0.717, 1.165) is 12.8 Å². The van der Waals surface area contributed by atoms with Gasteiger partial charge in [-0.2, -0.15) is 0 Å². The van der Waals surface area contributed by atoms with Crippen molar-refractivity contribution in [3.05, 3.63) is 59.7 Å². The second-order valence-electron chi connectivity index (χ2n) is 8.91. The zero-order chi connectivity index (χ0) is 23.9. The van der Waals surface area contributed by atoms with Crippen LogP contribution in [0.1, 0.15) is 36.3 Å². The number of amides is 2. The summed E-state index contributed by atoms with van der Waals surface area (Å²) in [6.07, 6.45) is 1.78. The first kappa shape index (κ1) is 23.8. The van der Waals surface area contributed by atoms with Crippen molar-refractivity contribution in [2.75, 3.05) is 32.9 Å². The van der Waals surface area contributed by atoms with Crippen molar-refractivity contribution < 1.29 is 29.0 Å². The summed E-state index contributed by atoms with van der Waals surface area (Å²) < 4.78 is 10.4. The summed E-state index contributed by atoms with van der Waals surface area (Å²) in [7, 11) is 0. The van der Waals surface area contributed by atoms with Gasteiger partial charge in [-0.15, -0.1) is 0 Å². The van der Waals surface area contributed by atoms with Gasteiger partial charge in [0.2, 0.25) is 5.91 Å². The molecule has 3 N–H and O–H groups in total. The van der Waals surface area contributed by atoms with Gasteiger partial charge in [-0.05, 0) is 46.9 Å². The number of benzene rings is 2. The van der Waals surface area contributed by atoms with Gasteiger partial charge in [0, 0.05) is 25.4 Å². The van der Waals surface area contributed by atoms with Gasteiger partial charge < -0.3 is 25.2 Å². The number of hydrogen-bond acceptors (Lipinski definition) is 5. The van der Waals surface area contributed by atoms with E-state index in [0.29, 0.717) is 38.0 Å². The third kappa shape index (κ3) is 5.94. The fraction of sp³-hybridized carbons (Fsp3) is 0.423. The van der Waals surface area contributed by atoms with E-state index in [-0.39, 0.29) is 25.0 Å². The molecule has 34 heavy (non-hydrogen) atoms. The molecule has 0 saturated heterocycles. The zero-order valence-corrected chi connectivity index (χ0v) is 19.0. The Morgan fingerprint density at radius 2 is 1.56 bits per heavy atom. The zero-order valence-electron chi connectivity index (χ0n) is 19.0. The van der Waals surface area contributed by atoms with Crippen LogP contribution < -0.4 is 10.6 Å². The number of nitrogens with one attached hydrogen (secondary N) is 2. The lowest BCUT2D eigenvalue weighted by Crippen LogP contribution is -2.39. The number of carbonyl (C=O) groups is 3. The number of ether oxygens (including phenoxy) is 2. The van der Waals surface area contributed by atoms with Crippen LogP contribution in [-0.2, 0) is 19.1 Å². The molecule has 0 unspecified atom stereocenters. The number of carboxylic acids is 1. The van der Waals surface area contributed by atoms with E-state index >= 15 is 0 Å². The minimum Gasteiger partial charge on any atom is -0.480 e. The quantitative estimate of drug-likeness (QED) is 0.439. The number of hydrogen-bond donors (Lipinski definition) is 3. The van der Waals surface area contributed by atoms with E-state index < -0.39 is 12.1 Å². The normalized spacial score (nSPS) is 18.4. The fourth-order valence-corrected chi connectivity index (χ4v) is 4.84. The molecule has 0 aliphatic heterocycles. The van der Waals surface area contributed by atoms with Gasteiger partial charge in [0.1, 0.15) is 13.2 Å². The summed E-state index contributed by atoms with van der Waals surface area (Å²) >= 11 is 0. The molecule has 0 radical (unpaired) electrons. The van der Waals surface area contributed by atoms with Crippen molar-refractivity contribution in [3.63, 3.8) is 0 Å². The van der Waals surface area contributed by atoms with Gasteiger partial charge in [0.15, 0.2) is 0 Å². The SMILES string of the molecule is O=C(O)COCCNC(=O)CC1CC(CNC(=O)OCC2c3ccccc3-c3ccccc32)C1. The largest absolute Gasteiger partial charge is 0.480 e. The van der Waals surface area contributed by atoms with E-state index in [1.165, 1.54) is 22.3 Å². The van der Waals surface area contributed by atoms with Gasteiger partial charge in [-0.25, -0.2) is 9.59 Å². The first-order valence-corrected chi connectivity index (χ1v) is 11.7. The Hall–Kier alpha value is -3.39. The maximum absolute atomic E-state index is 12.3. The third-order valence-corrected chi connectivity index (χ3v) is 6.48. The molecule has 2 aliphatic rings. The van der Waals surface area contributed by atoms with Crippen LogP contribution in [-0.4, -0.2) is 56.0 Å². The average molecular weight is 467 g/mol. The molecular formula is C26H30N2O6. The van der Waals surface area contributed by atoms with Gasteiger partial charge in [0.25, 0.3) is 0 Å². The van der Waals surface area contributed by atoms with Crippen LogP contribution in [0.25, 0.3) is 11.1 Å². The molecule has 0 spiro atoms. The maximum Gasteiger partial charge on any atom is 0.407 e. The lowest BCUT2D eigenvalue weighted by Gasteiger charge is -2.35. The summed E-state index contributed by atoms with van der Waals surface area (Å²) in [5, 5.41) is 14.1. The number of carboxylic acid groups (broad SMARTS) is 1.